The maximum atomic E-state index is 6.16. The molecule has 112 valence electrons. The van der Waals surface area contributed by atoms with Gasteiger partial charge in [-0.1, -0.05) is 20.8 Å². The lowest BCUT2D eigenvalue weighted by Crippen LogP contribution is -2.34. The summed E-state index contributed by atoms with van der Waals surface area (Å²) in [5.74, 6) is 0. The molecule has 3 nitrogen and oxygen atoms in total. The van der Waals surface area contributed by atoms with Crippen LogP contribution < -0.4 is 5.32 Å². The molecule has 2 aliphatic rings. The molecule has 0 radical (unpaired) electrons. The number of nitrogens with zero attached hydrogens (tertiary/aromatic N) is 1. The molecule has 0 aliphatic carbocycles. The highest BCUT2D eigenvalue weighted by Gasteiger charge is 2.36. The van der Waals surface area contributed by atoms with E-state index in [1.807, 2.05) is 0 Å². The topological polar surface area (TPSA) is 24.5 Å². The normalized spacial score (nSPS) is 31.1. The molecule has 0 aromatic rings. The molecular weight excluding hydrogens is 236 g/mol. The number of rotatable bonds is 7. The van der Waals surface area contributed by atoms with Gasteiger partial charge in [0.25, 0.3) is 0 Å². The van der Waals surface area contributed by atoms with Crippen molar-refractivity contribution in [3.05, 3.63) is 0 Å². The fourth-order valence-electron chi connectivity index (χ4n) is 3.67. The molecule has 19 heavy (non-hydrogen) atoms. The van der Waals surface area contributed by atoms with Crippen LogP contribution in [0.3, 0.4) is 0 Å². The Labute approximate surface area is 119 Å². The van der Waals surface area contributed by atoms with E-state index in [1.54, 1.807) is 0 Å². The van der Waals surface area contributed by atoms with Crippen LogP contribution in [0.2, 0.25) is 0 Å². The van der Waals surface area contributed by atoms with E-state index in [-0.39, 0.29) is 0 Å². The van der Waals surface area contributed by atoms with Gasteiger partial charge in [0.15, 0.2) is 0 Å². The Bertz CT molecular complexity index is 265. The molecule has 0 amide bonds. The third kappa shape index (κ3) is 3.93. The maximum Gasteiger partial charge on any atom is 0.0707 e. The van der Waals surface area contributed by atoms with Gasteiger partial charge in [-0.2, -0.15) is 0 Å². The van der Waals surface area contributed by atoms with Crippen molar-refractivity contribution in [3.8, 4) is 0 Å². The highest BCUT2D eigenvalue weighted by molar-refractivity contribution is 4.89. The van der Waals surface area contributed by atoms with Crippen molar-refractivity contribution in [2.75, 3.05) is 32.7 Å². The van der Waals surface area contributed by atoms with Gasteiger partial charge in [-0.25, -0.2) is 0 Å². The summed E-state index contributed by atoms with van der Waals surface area (Å²) in [4.78, 5) is 2.65. The summed E-state index contributed by atoms with van der Waals surface area (Å²) < 4.78 is 6.16. The first-order valence-electron chi connectivity index (χ1n) is 8.30. The van der Waals surface area contributed by atoms with Crippen molar-refractivity contribution in [2.24, 2.45) is 5.41 Å². The summed E-state index contributed by atoms with van der Waals surface area (Å²) in [7, 11) is 0. The first-order chi connectivity index (χ1) is 9.21. The van der Waals surface area contributed by atoms with E-state index in [1.165, 1.54) is 45.2 Å². The second-order valence-electron chi connectivity index (χ2n) is 6.46. The van der Waals surface area contributed by atoms with Gasteiger partial charge in [0.2, 0.25) is 0 Å². The van der Waals surface area contributed by atoms with Gasteiger partial charge in [0, 0.05) is 19.6 Å². The van der Waals surface area contributed by atoms with Crippen LogP contribution in [0.1, 0.15) is 52.9 Å². The molecule has 0 aromatic carbocycles. The Kier molecular flexibility index (Phi) is 5.67. The molecule has 0 aromatic heterocycles. The van der Waals surface area contributed by atoms with E-state index in [4.69, 9.17) is 4.74 Å². The average molecular weight is 268 g/mol. The SMILES string of the molecule is CCNCC1CCC(CN2CCC(CC)(CC)C2)O1. The van der Waals surface area contributed by atoms with Gasteiger partial charge >= 0.3 is 0 Å². The molecule has 0 spiro atoms. The Morgan fingerprint density at radius 1 is 1.16 bits per heavy atom. The Morgan fingerprint density at radius 3 is 2.53 bits per heavy atom. The molecule has 2 aliphatic heterocycles. The van der Waals surface area contributed by atoms with Crippen molar-refractivity contribution < 1.29 is 4.74 Å². The van der Waals surface area contributed by atoms with Crippen LogP contribution in [0.25, 0.3) is 0 Å². The van der Waals surface area contributed by atoms with E-state index in [9.17, 15) is 0 Å². The Morgan fingerprint density at radius 2 is 1.89 bits per heavy atom. The Hall–Kier alpha value is -0.120. The number of hydrogen-bond acceptors (Lipinski definition) is 3. The maximum absolute atomic E-state index is 6.16. The lowest BCUT2D eigenvalue weighted by molar-refractivity contribution is 0.0256. The molecule has 0 bridgehead atoms. The minimum Gasteiger partial charge on any atom is -0.372 e. The first kappa shape index (κ1) is 15.3. The predicted octanol–water partition coefficient (Wildman–Crippen LogP) is 2.66. The minimum absolute atomic E-state index is 0.453. The minimum atomic E-state index is 0.453. The van der Waals surface area contributed by atoms with E-state index in [0.717, 1.165) is 19.6 Å². The summed E-state index contributed by atoms with van der Waals surface area (Å²) in [6, 6.07) is 0. The van der Waals surface area contributed by atoms with Crippen LogP contribution in [-0.2, 0) is 4.74 Å². The molecule has 2 saturated heterocycles. The van der Waals surface area contributed by atoms with Crippen LogP contribution in [-0.4, -0.2) is 49.8 Å². The van der Waals surface area contributed by atoms with Crippen molar-refractivity contribution in [3.63, 3.8) is 0 Å². The predicted molar refractivity (Wildman–Crippen MR) is 80.5 cm³/mol. The third-order valence-electron chi connectivity index (χ3n) is 5.30. The molecule has 3 heteroatoms. The quantitative estimate of drug-likeness (QED) is 0.768. The van der Waals surface area contributed by atoms with Crippen LogP contribution in [0.4, 0.5) is 0 Å². The monoisotopic (exact) mass is 268 g/mol. The van der Waals surface area contributed by atoms with Crippen LogP contribution >= 0.6 is 0 Å². The number of nitrogens with one attached hydrogen (secondary N) is 1. The third-order valence-corrected chi connectivity index (χ3v) is 5.30. The smallest absolute Gasteiger partial charge is 0.0707 e. The zero-order valence-electron chi connectivity index (χ0n) is 13.1. The van der Waals surface area contributed by atoms with E-state index < -0.39 is 0 Å². The summed E-state index contributed by atoms with van der Waals surface area (Å²) >= 11 is 0. The summed E-state index contributed by atoms with van der Waals surface area (Å²) in [6.07, 6.45) is 7.45. The second kappa shape index (κ2) is 7.05. The highest BCUT2D eigenvalue weighted by atomic mass is 16.5. The number of hydrogen-bond donors (Lipinski definition) is 1. The van der Waals surface area contributed by atoms with Gasteiger partial charge in [0.05, 0.1) is 12.2 Å². The van der Waals surface area contributed by atoms with Gasteiger partial charge in [-0.3, -0.25) is 0 Å². The molecule has 0 saturated carbocycles. The van der Waals surface area contributed by atoms with Crippen molar-refractivity contribution >= 4 is 0 Å². The molecule has 2 atom stereocenters. The fraction of sp³-hybridized carbons (Fsp3) is 1.00. The van der Waals surface area contributed by atoms with Crippen molar-refractivity contribution in [1.29, 1.82) is 0 Å². The van der Waals surface area contributed by atoms with Crippen molar-refractivity contribution in [1.82, 2.24) is 10.2 Å². The summed E-state index contributed by atoms with van der Waals surface area (Å²) in [6.45, 7) is 12.7. The summed E-state index contributed by atoms with van der Waals surface area (Å²) in [5, 5.41) is 3.40. The van der Waals surface area contributed by atoms with Crippen LogP contribution in [0.15, 0.2) is 0 Å². The van der Waals surface area contributed by atoms with Crippen LogP contribution in [0.5, 0.6) is 0 Å². The molecule has 1 N–H and O–H groups in total. The van der Waals surface area contributed by atoms with Crippen molar-refractivity contribution in [2.45, 2.75) is 65.1 Å². The second-order valence-corrected chi connectivity index (χ2v) is 6.46. The molecule has 2 heterocycles. The first-order valence-corrected chi connectivity index (χ1v) is 8.30. The molecular formula is C16H32N2O. The number of likely N-dealkylation sites (N-methyl/N-ethyl adjacent to an activating group) is 1. The van der Waals surface area contributed by atoms with Gasteiger partial charge in [0.1, 0.15) is 0 Å². The van der Waals surface area contributed by atoms with E-state index >= 15 is 0 Å². The van der Waals surface area contributed by atoms with Gasteiger partial charge in [-0.05, 0) is 50.6 Å². The molecule has 2 unspecified atom stereocenters. The fourth-order valence-corrected chi connectivity index (χ4v) is 3.67. The van der Waals surface area contributed by atoms with E-state index in [0.29, 0.717) is 17.6 Å². The van der Waals surface area contributed by atoms with Crippen LogP contribution in [0, 0.1) is 5.41 Å². The lowest BCUT2D eigenvalue weighted by atomic mass is 9.82. The van der Waals surface area contributed by atoms with Gasteiger partial charge < -0.3 is 15.0 Å². The number of ether oxygens (including phenoxy) is 1. The number of likely N-dealkylation sites (tertiary alicyclic amines) is 1. The average Bonchev–Trinajstić information content (AvgIpc) is 3.04. The Balaban J connectivity index is 1.72. The zero-order chi connectivity index (χ0) is 13.7. The largest absolute Gasteiger partial charge is 0.372 e. The zero-order valence-corrected chi connectivity index (χ0v) is 13.1. The molecule has 2 rings (SSSR count). The molecule has 2 fully saturated rings. The van der Waals surface area contributed by atoms with E-state index in [2.05, 4.69) is 31.0 Å². The summed E-state index contributed by atoms with van der Waals surface area (Å²) in [5.41, 5.74) is 0.599. The standard InChI is InChI=1S/C16H32N2O/c1-4-16(5-2)9-10-18(13-16)12-15-8-7-14(19-15)11-17-6-3/h14-15,17H,4-13H2,1-3H3. The highest BCUT2D eigenvalue weighted by Crippen LogP contribution is 2.37. The van der Waals surface area contributed by atoms with Gasteiger partial charge in [-0.15, -0.1) is 0 Å². The lowest BCUT2D eigenvalue weighted by Gasteiger charge is -2.27.